The fourth-order valence-electron chi connectivity index (χ4n) is 3.16. The maximum atomic E-state index is 13.3. The summed E-state index contributed by atoms with van der Waals surface area (Å²) in [5.74, 6) is -0.206. The molecule has 9 heteroatoms. The van der Waals surface area contributed by atoms with Crippen LogP contribution in [0.15, 0.2) is 65.7 Å². The predicted molar refractivity (Wildman–Crippen MR) is 113 cm³/mol. The first kappa shape index (κ1) is 19.7. The van der Waals surface area contributed by atoms with Gasteiger partial charge >= 0.3 is 0 Å². The molecule has 2 aromatic carbocycles. The summed E-state index contributed by atoms with van der Waals surface area (Å²) >= 11 is 12.0. The summed E-state index contributed by atoms with van der Waals surface area (Å²) in [5, 5.41) is 3.10. The lowest BCUT2D eigenvalue weighted by Gasteiger charge is -2.20. The molecule has 0 spiro atoms. The molecule has 0 aliphatic carbocycles. The highest BCUT2D eigenvalue weighted by Crippen LogP contribution is 2.35. The summed E-state index contributed by atoms with van der Waals surface area (Å²) in [7, 11) is -3.93. The van der Waals surface area contributed by atoms with E-state index in [2.05, 4.69) is 10.3 Å². The van der Waals surface area contributed by atoms with Crippen LogP contribution in [0.3, 0.4) is 0 Å². The number of carbonyl (C=O) groups excluding carboxylic acids is 1. The Balaban J connectivity index is 1.66. The number of anilines is 2. The van der Waals surface area contributed by atoms with Gasteiger partial charge in [-0.1, -0.05) is 41.4 Å². The van der Waals surface area contributed by atoms with Crippen LogP contribution in [0.5, 0.6) is 0 Å². The molecular formula is C20H15Cl2N3O3S. The lowest BCUT2D eigenvalue weighted by molar-refractivity contribution is 0.102. The molecule has 0 saturated carbocycles. The topological polar surface area (TPSA) is 79.4 Å². The summed E-state index contributed by atoms with van der Waals surface area (Å²) in [6, 6.07) is 14.6. The van der Waals surface area contributed by atoms with Crippen LogP contribution in [-0.2, 0) is 16.4 Å². The van der Waals surface area contributed by atoms with E-state index in [1.165, 1.54) is 28.7 Å². The average Bonchev–Trinajstić information content (AvgIpc) is 3.15. The smallest absolute Gasteiger partial charge is 0.265 e. The number of para-hydroxylation sites is 1. The minimum atomic E-state index is -3.93. The highest BCUT2D eigenvalue weighted by atomic mass is 35.5. The Labute approximate surface area is 178 Å². The molecule has 1 amide bonds. The van der Waals surface area contributed by atoms with E-state index in [9.17, 15) is 13.2 Å². The number of hydrogen-bond acceptors (Lipinski definition) is 4. The van der Waals surface area contributed by atoms with Gasteiger partial charge in [-0.3, -0.25) is 9.10 Å². The second kappa shape index (κ2) is 7.67. The lowest BCUT2D eigenvalue weighted by Crippen LogP contribution is -2.29. The molecule has 0 bridgehead atoms. The van der Waals surface area contributed by atoms with Crippen molar-refractivity contribution < 1.29 is 13.2 Å². The molecule has 148 valence electrons. The third-order valence-electron chi connectivity index (χ3n) is 4.57. The molecule has 29 heavy (non-hydrogen) atoms. The molecule has 1 aromatic heterocycles. The fraction of sp³-hybridized carbons (Fsp3) is 0.100. The van der Waals surface area contributed by atoms with E-state index in [0.717, 1.165) is 5.56 Å². The normalized spacial score (nSPS) is 13.2. The maximum absolute atomic E-state index is 13.3. The number of rotatable bonds is 4. The predicted octanol–water partition coefficient (Wildman–Crippen LogP) is 4.39. The summed E-state index contributed by atoms with van der Waals surface area (Å²) in [5.41, 5.74) is 1.73. The Morgan fingerprint density at radius 1 is 1.07 bits per heavy atom. The minimum Gasteiger partial charge on any atom is -0.307 e. The van der Waals surface area contributed by atoms with Crippen molar-refractivity contribution in [2.75, 3.05) is 16.2 Å². The molecule has 1 aliphatic heterocycles. The number of sulfonamides is 1. The number of fused-ring (bicyclic) bond motifs is 1. The number of amides is 1. The van der Waals surface area contributed by atoms with Gasteiger partial charge in [-0.25, -0.2) is 13.4 Å². The zero-order valence-corrected chi connectivity index (χ0v) is 17.3. The van der Waals surface area contributed by atoms with Crippen molar-refractivity contribution in [3.05, 3.63) is 82.0 Å². The van der Waals surface area contributed by atoms with Crippen LogP contribution < -0.4 is 9.62 Å². The molecule has 0 saturated heterocycles. The molecule has 1 aliphatic rings. The van der Waals surface area contributed by atoms with Crippen LogP contribution in [0.2, 0.25) is 10.0 Å². The molecule has 1 N–H and O–H groups in total. The van der Waals surface area contributed by atoms with Gasteiger partial charge in [-0.05, 0) is 48.4 Å². The zero-order chi connectivity index (χ0) is 20.6. The van der Waals surface area contributed by atoms with Gasteiger partial charge in [0.25, 0.3) is 15.9 Å². The molecule has 4 rings (SSSR count). The Morgan fingerprint density at radius 3 is 2.62 bits per heavy atom. The van der Waals surface area contributed by atoms with Crippen molar-refractivity contribution in [2.24, 2.45) is 0 Å². The molecular weight excluding hydrogens is 433 g/mol. The molecule has 0 radical (unpaired) electrons. The van der Waals surface area contributed by atoms with Crippen LogP contribution in [0.1, 0.15) is 15.9 Å². The average molecular weight is 448 g/mol. The van der Waals surface area contributed by atoms with E-state index in [1.54, 1.807) is 24.3 Å². The van der Waals surface area contributed by atoms with Crippen molar-refractivity contribution in [1.29, 1.82) is 0 Å². The highest BCUT2D eigenvalue weighted by molar-refractivity contribution is 7.93. The number of halogens is 2. The van der Waals surface area contributed by atoms with E-state index < -0.39 is 15.9 Å². The van der Waals surface area contributed by atoms with E-state index >= 15 is 0 Å². The monoisotopic (exact) mass is 447 g/mol. The number of nitrogens with one attached hydrogen (secondary N) is 1. The van der Waals surface area contributed by atoms with Crippen LogP contribution in [0.4, 0.5) is 11.5 Å². The van der Waals surface area contributed by atoms with E-state index in [1.807, 2.05) is 12.1 Å². The third-order valence-corrected chi connectivity index (χ3v) is 7.09. The SMILES string of the molecule is O=C(Nc1ccc(Cl)cn1)c1ccc(Cl)c(S(=O)(=O)N2CCc3ccccc32)c1. The molecule has 0 unspecified atom stereocenters. The van der Waals surface area contributed by atoms with E-state index in [-0.39, 0.29) is 15.5 Å². The van der Waals surface area contributed by atoms with Crippen LogP contribution in [0, 0.1) is 0 Å². The van der Waals surface area contributed by atoms with Crippen molar-refractivity contribution in [2.45, 2.75) is 11.3 Å². The van der Waals surface area contributed by atoms with Crippen molar-refractivity contribution in [3.8, 4) is 0 Å². The molecule has 0 fully saturated rings. The van der Waals surface area contributed by atoms with Crippen molar-refractivity contribution >= 4 is 50.6 Å². The van der Waals surface area contributed by atoms with Crippen LogP contribution in [0.25, 0.3) is 0 Å². The molecule has 6 nitrogen and oxygen atoms in total. The van der Waals surface area contributed by atoms with Gasteiger partial charge in [0.1, 0.15) is 10.7 Å². The molecule has 3 aromatic rings. The van der Waals surface area contributed by atoms with Gasteiger partial charge in [0, 0.05) is 18.3 Å². The number of aromatic nitrogens is 1. The van der Waals surface area contributed by atoms with E-state index in [4.69, 9.17) is 23.2 Å². The summed E-state index contributed by atoms with van der Waals surface area (Å²) in [4.78, 5) is 16.5. The quantitative estimate of drug-likeness (QED) is 0.642. The largest absolute Gasteiger partial charge is 0.307 e. The number of carbonyl (C=O) groups is 1. The highest BCUT2D eigenvalue weighted by Gasteiger charge is 2.32. The van der Waals surface area contributed by atoms with E-state index in [0.29, 0.717) is 29.5 Å². The number of nitrogens with zero attached hydrogens (tertiary/aromatic N) is 2. The Hall–Kier alpha value is -2.61. The lowest BCUT2D eigenvalue weighted by atomic mass is 10.2. The van der Waals surface area contributed by atoms with Crippen LogP contribution in [-0.4, -0.2) is 25.9 Å². The first-order chi connectivity index (χ1) is 13.9. The number of hydrogen-bond donors (Lipinski definition) is 1. The number of pyridine rings is 1. The maximum Gasteiger partial charge on any atom is 0.265 e. The third kappa shape index (κ3) is 3.81. The first-order valence-corrected chi connectivity index (χ1v) is 10.9. The fourth-order valence-corrected chi connectivity index (χ4v) is 5.28. The van der Waals surface area contributed by atoms with Crippen molar-refractivity contribution in [1.82, 2.24) is 4.98 Å². The van der Waals surface area contributed by atoms with Gasteiger partial charge in [-0.2, -0.15) is 0 Å². The summed E-state index contributed by atoms with van der Waals surface area (Å²) in [6.45, 7) is 0.323. The Bertz CT molecular complexity index is 1200. The van der Waals surface area contributed by atoms with Gasteiger partial charge in [0.15, 0.2) is 0 Å². The number of benzene rings is 2. The van der Waals surface area contributed by atoms with Gasteiger partial charge in [-0.15, -0.1) is 0 Å². The van der Waals surface area contributed by atoms with Crippen LogP contribution >= 0.6 is 23.2 Å². The van der Waals surface area contributed by atoms with Gasteiger partial charge in [0.2, 0.25) is 0 Å². The first-order valence-electron chi connectivity index (χ1n) is 8.69. The second-order valence-electron chi connectivity index (χ2n) is 6.42. The Morgan fingerprint density at radius 2 is 1.86 bits per heavy atom. The molecule has 2 heterocycles. The standard InChI is InChI=1S/C20H15Cl2N3O3S/c21-15-6-8-19(23-12-15)24-20(26)14-5-7-16(22)18(11-14)29(27,28)25-10-9-13-3-1-2-4-17(13)25/h1-8,11-12H,9-10H2,(H,23,24,26). The van der Waals surface area contributed by atoms with Gasteiger partial charge in [0.05, 0.1) is 15.7 Å². The zero-order valence-electron chi connectivity index (χ0n) is 15.0. The summed E-state index contributed by atoms with van der Waals surface area (Å²) < 4.78 is 27.9. The molecule has 0 atom stereocenters. The van der Waals surface area contributed by atoms with Crippen molar-refractivity contribution in [3.63, 3.8) is 0 Å². The summed E-state index contributed by atoms with van der Waals surface area (Å²) in [6.07, 6.45) is 2.02. The van der Waals surface area contributed by atoms with Gasteiger partial charge < -0.3 is 5.32 Å². The Kier molecular flexibility index (Phi) is 5.21. The minimum absolute atomic E-state index is 0.0514. The second-order valence-corrected chi connectivity index (χ2v) is 9.09.